The van der Waals surface area contributed by atoms with E-state index in [2.05, 4.69) is 5.10 Å². The molecule has 0 aliphatic carbocycles. The molecule has 1 amide bonds. The van der Waals surface area contributed by atoms with Crippen LogP contribution in [0.25, 0.3) is 0 Å². The number of aryl methyl sites for hydroxylation is 2. The lowest BCUT2D eigenvalue weighted by Crippen LogP contribution is -2.40. The van der Waals surface area contributed by atoms with E-state index < -0.39 is 20.7 Å². The van der Waals surface area contributed by atoms with E-state index in [4.69, 9.17) is 4.74 Å². The Hall–Kier alpha value is -2.00. The summed E-state index contributed by atoms with van der Waals surface area (Å²) in [7, 11) is -0.438. The number of methoxy groups -OCH3 is 1. The predicted octanol–water partition coefficient (Wildman–Crippen LogP) is 3.44. The Morgan fingerprint density at radius 3 is 2.28 bits per heavy atom. The number of carbonyl (C=O) groups is 1. The van der Waals surface area contributed by atoms with Crippen LogP contribution in [0.2, 0.25) is 0 Å². The van der Waals surface area contributed by atoms with E-state index >= 15 is 0 Å². The highest BCUT2D eigenvalue weighted by Crippen LogP contribution is 2.34. The van der Waals surface area contributed by atoms with Crippen molar-refractivity contribution in [3.05, 3.63) is 41.2 Å². The van der Waals surface area contributed by atoms with Crippen molar-refractivity contribution in [1.29, 1.82) is 0 Å². The van der Waals surface area contributed by atoms with Gasteiger partial charge in [0, 0.05) is 24.0 Å². The molecule has 0 saturated carbocycles. The fraction of sp³-hybridized carbons (Fsp3) is 0.500. The van der Waals surface area contributed by atoms with Crippen LogP contribution in [-0.4, -0.2) is 42.2 Å². The second kappa shape index (κ2) is 8.79. The standard InChI is InChI=1S/C20H29N3O4S2/c1-14-19(15(2)22(5)21-14)23(29(7,25)26)18(24)12-20(3,4)28-13-16-8-10-17(27-6)11-9-16/h8-11H,12-13H2,1-7H3. The Kier molecular flexibility index (Phi) is 7.06. The van der Waals surface area contributed by atoms with Crippen molar-refractivity contribution in [2.75, 3.05) is 17.7 Å². The third-order valence-electron chi connectivity index (χ3n) is 4.60. The summed E-state index contributed by atoms with van der Waals surface area (Å²) in [5, 5.41) is 4.26. The van der Waals surface area contributed by atoms with Crippen LogP contribution in [0.15, 0.2) is 24.3 Å². The van der Waals surface area contributed by atoms with E-state index in [1.54, 1.807) is 44.4 Å². The molecule has 9 heteroatoms. The highest BCUT2D eigenvalue weighted by atomic mass is 32.2. The first-order valence-corrected chi connectivity index (χ1v) is 12.0. The summed E-state index contributed by atoms with van der Waals surface area (Å²) in [5.74, 6) is 1.03. The molecule has 1 aromatic carbocycles. The number of benzene rings is 1. The van der Waals surface area contributed by atoms with Crippen molar-refractivity contribution >= 4 is 33.4 Å². The quantitative estimate of drug-likeness (QED) is 0.627. The number of aromatic nitrogens is 2. The Labute approximate surface area is 177 Å². The van der Waals surface area contributed by atoms with Crippen LogP contribution in [0.3, 0.4) is 0 Å². The number of carbonyl (C=O) groups excluding carboxylic acids is 1. The Morgan fingerprint density at radius 2 is 1.83 bits per heavy atom. The van der Waals surface area contributed by atoms with Crippen molar-refractivity contribution < 1.29 is 17.9 Å². The van der Waals surface area contributed by atoms with E-state index in [0.29, 0.717) is 22.8 Å². The zero-order valence-corrected chi connectivity index (χ0v) is 19.6. The highest BCUT2D eigenvalue weighted by Gasteiger charge is 2.34. The van der Waals surface area contributed by atoms with Crippen LogP contribution < -0.4 is 9.04 Å². The van der Waals surface area contributed by atoms with Crippen LogP contribution in [0.4, 0.5) is 5.69 Å². The average Bonchev–Trinajstić information content (AvgIpc) is 2.85. The van der Waals surface area contributed by atoms with Gasteiger partial charge >= 0.3 is 0 Å². The molecule has 0 atom stereocenters. The van der Waals surface area contributed by atoms with Crippen molar-refractivity contribution in [3.63, 3.8) is 0 Å². The van der Waals surface area contributed by atoms with Gasteiger partial charge in [0.25, 0.3) is 0 Å². The summed E-state index contributed by atoms with van der Waals surface area (Å²) in [6.45, 7) is 7.35. The summed E-state index contributed by atoms with van der Waals surface area (Å²) >= 11 is 1.61. The second-order valence-corrected chi connectivity index (χ2v) is 11.2. The molecule has 0 bridgehead atoms. The van der Waals surface area contributed by atoms with E-state index in [1.807, 2.05) is 38.1 Å². The normalized spacial score (nSPS) is 12.1. The number of anilines is 1. The van der Waals surface area contributed by atoms with Gasteiger partial charge in [0.2, 0.25) is 15.9 Å². The maximum Gasteiger partial charge on any atom is 0.242 e. The summed E-state index contributed by atoms with van der Waals surface area (Å²) in [6.07, 6.45) is 1.13. The largest absolute Gasteiger partial charge is 0.497 e. The van der Waals surface area contributed by atoms with Gasteiger partial charge in [-0.25, -0.2) is 12.7 Å². The molecule has 0 spiro atoms. The topological polar surface area (TPSA) is 81.5 Å². The van der Waals surface area contributed by atoms with Gasteiger partial charge < -0.3 is 4.74 Å². The van der Waals surface area contributed by atoms with E-state index in [-0.39, 0.29) is 6.42 Å². The molecule has 7 nitrogen and oxygen atoms in total. The number of hydrogen-bond donors (Lipinski definition) is 0. The van der Waals surface area contributed by atoms with Crippen LogP contribution in [-0.2, 0) is 27.6 Å². The number of ether oxygens (including phenoxy) is 1. The molecule has 2 rings (SSSR count). The minimum atomic E-state index is -3.79. The van der Waals surface area contributed by atoms with Gasteiger partial charge in [0.15, 0.2) is 0 Å². The number of amides is 1. The van der Waals surface area contributed by atoms with Crippen LogP contribution in [0.5, 0.6) is 5.75 Å². The Balaban J connectivity index is 2.18. The van der Waals surface area contributed by atoms with Crippen LogP contribution in [0.1, 0.15) is 37.2 Å². The molecule has 0 N–H and O–H groups in total. The molecular formula is C20H29N3O4S2. The van der Waals surface area contributed by atoms with Crippen molar-refractivity contribution in [2.24, 2.45) is 7.05 Å². The van der Waals surface area contributed by atoms with Gasteiger partial charge in [-0.05, 0) is 31.5 Å². The lowest BCUT2D eigenvalue weighted by molar-refractivity contribution is -0.117. The summed E-state index contributed by atoms with van der Waals surface area (Å²) in [4.78, 5) is 13.1. The molecule has 1 aromatic heterocycles. The summed E-state index contributed by atoms with van der Waals surface area (Å²) < 4.78 is 32.1. The van der Waals surface area contributed by atoms with E-state index in [0.717, 1.165) is 21.9 Å². The zero-order chi connectivity index (χ0) is 22.0. The van der Waals surface area contributed by atoms with Crippen molar-refractivity contribution in [3.8, 4) is 5.75 Å². The SMILES string of the molecule is COc1ccc(CSC(C)(C)CC(=O)N(c2c(C)nn(C)c2C)S(C)(=O)=O)cc1. The van der Waals surface area contributed by atoms with Gasteiger partial charge in [0.05, 0.1) is 24.8 Å². The number of nitrogens with zero attached hydrogens (tertiary/aromatic N) is 3. The third kappa shape index (κ3) is 5.76. The third-order valence-corrected chi connectivity index (χ3v) is 7.05. The fourth-order valence-electron chi connectivity index (χ4n) is 3.02. The Bertz CT molecular complexity index is 980. The second-order valence-electron chi connectivity index (χ2n) is 7.64. The molecule has 29 heavy (non-hydrogen) atoms. The first-order chi connectivity index (χ1) is 13.4. The maximum atomic E-state index is 13.1. The summed E-state index contributed by atoms with van der Waals surface area (Å²) in [5.41, 5.74) is 2.59. The average molecular weight is 440 g/mol. The van der Waals surface area contributed by atoms with Crippen LogP contribution >= 0.6 is 11.8 Å². The Morgan fingerprint density at radius 1 is 1.24 bits per heavy atom. The van der Waals surface area contributed by atoms with Crippen molar-refractivity contribution in [1.82, 2.24) is 9.78 Å². The zero-order valence-electron chi connectivity index (χ0n) is 18.0. The first kappa shape index (κ1) is 23.3. The van der Waals surface area contributed by atoms with Gasteiger partial charge in [-0.2, -0.15) is 16.9 Å². The van der Waals surface area contributed by atoms with Crippen molar-refractivity contribution in [2.45, 2.75) is 44.6 Å². The number of hydrogen-bond acceptors (Lipinski definition) is 6. The minimum Gasteiger partial charge on any atom is -0.497 e. The molecule has 0 fully saturated rings. The van der Waals surface area contributed by atoms with Gasteiger partial charge in [0.1, 0.15) is 11.4 Å². The minimum absolute atomic E-state index is 0.0780. The molecular weight excluding hydrogens is 410 g/mol. The lowest BCUT2D eigenvalue weighted by atomic mass is 10.1. The van der Waals surface area contributed by atoms with Gasteiger partial charge in [-0.15, -0.1) is 0 Å². The summed E-state index contributed by atoms with van der Waals surface area (Å²) in [6, 6.07) is 7.75. The number of thioether (sulfide) groups is 1. The highest BCUT2D eigenvalue weighted by molar-refractivity contribution is 7.99. The molecule has 0 aliphatic heterocycles. The number of rotatable bonds is 8. The number of sulfonamides is 1. The van der Waals surface area contributed by atoms with E-state index in [1.165, 1.54) is 0 Å². The molecule has 0 saturated heterocycles. The first-order valence-electron chi connectivity index (χ1n) is 9.16. The van der Waals surface area contributed by atoms with E-state index in [9.17, 15) is 13.2 Å². The van der Waals surface area contributed by atoms with Gasteiger partial charge in [-0.1, -0.05) is 26.0 Å². The molecule has 160 valence electrons. The van der Waals surface area contributed by atoms with Gasteiger partial charge in [-0.3, -0.25) is 9.48 Å². The molecule has 0 unspecified atom stereocenters. The monoisotopic (exact) mass is 439 g/mol. The molecule has 2 aromatic rings. The smallest absolute Gasteiger partial charge is 0.242 e. The molecule has 0 radical (unpaired) electrons. The lowest BCUT2D eigenvalue weighted by Gasteiger charge is -2.28. The van der Waals surface area contributed by atoms with Crippen LogP contribution in [0, 0.1) is 13.8 Å². The maximum absolute atomic E-state index is 13.1. The molecule has 1 heterocycles. The molecule has 0 aliphatic rings. The fourth-order valence-corrected chi connectivity index (χ4v) is 5.03. The predicted molar refractivity (Wildman–Crippen MR) is 118 cm³/mol.